The van der Waals surface area contributed by atoms with Crippen molar-refractivity contribution < 1.29 is 9.21 Å². The quantitative estimate of drug-likeness (QED) is 0.811. The number of carbonyl (C=O) groups excluding carboxylic acids is 1. The van der Waals surface area contributed by atoms with E-state index in [-0.39, 0.29) is 5.91 Å². The first kappa shape index (κ1) is 9.51. The lowest BCUT2D eigenvalue weighted by molar-refractivity contribution is 0.0923. The minimum Gasteiger partial charge on any atom is -0.459 e. The first-order valence-corrected chi connectivity index (χ1v) is 4.55. The van der Waals surface area contributed by atoms with Crippen molar-refractivity contribution in [1.29, 1.82) is 0 Å². The number of nitrogens with one attached hydrogen (secondary N) is 1. The lowest BCUT2D eigenvalue weighted by Crippen LogP contribution is -2.21. The zero-order valence-electron chi connectivity index (χ0n) is 8.30. The number of aromatic nitrogens is 2. The molecule has 2 aromatic rings. The molecule has 0 aliphatic rings. The molecule has 0 atom stereocenters. The highest BCUT2D eigenvalue weighted by Crippen LogP contribution is 2.01. The Morgan fingerprint density at radius 1 is 1.67 bits per heavy atom. The molecular weight excluding hydrogens is 194 g/mol. The predicted octanol–water partition coefficient (Wildman–Crippen LogP) is 0.943. The summed E-state index contributed by atoms with van der Waals surface area (Å²) in [5, 5.41) is 6.73. The summed E-state index contributed by atoms with van der Waals surface area (Å²) >= 11 is 0. The normalized spacial score (nSPS) is 10.2. The molecular formula is C10H11N3O2. The van der Waals surface area contributed by atoms with Gasteiger partial charge in [-0.1, -0.05) is 0 Å². The van der Waals surface area contributed by atoms with Crippen LogP contribution in [0.15, 0.2) is 35.2 Å². The molecule has 15 heavy (non-hydrogen) atoms. The van der Waals surface area contributed by atoms with Crippen molar-refractivity contribution in [1.82, 2.24) is 15.1 Å². The van der Waals surface area contributed by atoms with Gasteiger partial charge in [0, 0.05) is 25.4 Å². The lowest BCUT2D eigenvalue weighted by Gasteiger charge is -1.99. The number of nitrogens with zero attached hydrogens (tertiary/aromatic N) is 2. The Balaban J connectivity index is 1.91. The third-order valence-electron chi connectivity index (χ3n) is 1.96. The molecule has 0 aliphatic carbocycles. The van der Waals surface area contributed by atoms with E-state index in [0.717, 1.165) is 5.56 Å². The Bertz CT molecular complexity index is 445. The number of furan rings is 1. The average molecular weight is 205 g/mol. The summed E-state index contributed by atoms with van der Waals surface area (Å²) in [6, 6.07) is 3.30. The van der Waals surface area contributed by atoms with Crippen LogP contribution in [0.3, 0.4) is 0 Å². The van der Waals surface area contributed by atoms with Gasteiger partial charge in [-0.15, -0.1) is 0 Å². The molecule has 0 radical (unpaired) electrons. The smallest absolute Gasteiger partial charge is 0.287 e. The van der Waals surface area contributed by atoms with E-state index in [0.29, 0.717) is 12.3 Å². The van der Waals surface area contributed by atoms with Crippen molar-refractivity contribution in [2.45, 2.75) is 6.54 Å². The molecule has 0 saturated heterocycles. The second-order valence-corrected chi connectivity index (χ2v) is 3.18. The van der Waals surface area contributed by atoms with Gasteiger partial charge in [-0.25, -0.2) is 0 Å². The van der Waals surface area contributed by atoms with Crippen molar-refractivity contribution in [3.8, 4) is 0 Å². The minimum atomic E-state index is -0.219. The second-order valence-electron chi connectivity index (χ2n) is 3.18. The van der Waals surface area contributed by atoms with Gasteiger partial charge in [0.1, 0.15) is 0 Å². The SMILES string of the molecule is Cn1cc(CNC(=O)c2ccco2)cn1. The fourth-order valence-corrected chi connectivity index (χ4v) is 1.24. The molecule has 5 heteroatoms. The summed E-state index contributed by atoms with van der Waals surface area (Å²) < 4.78 is 6.64. The average Bonchev–Trinajstić information content (AvgIpc) is 2.84. The van der Waals surface area contributed by atoms with Gasteiger partial charge in [-0.3, -0.25) is 9.48 Å². The van der Waals surface area contributed by atoms with Crippen LogP contribution in [-0.2, 0) is 13.6 Å². The molecule has 0 aliphatic heterocycles. The molecule has 2 aromatic heterocycles. The minimum absolute atomic E-state index is 0.219. The number of rotatable bonds is 3. The van der Waals surface area contributed by atoms with E-state index in [1.165, 1.54) is 6.26 Å². The van der Waals surface area contributed by atoms with E-state index in [2.05, 4.69) is 10.4 Å². The maximum atomic E-state index is 11.5. The van der Waals surface area contributed by atoms with E-state index in [4.69, 9.17) is 4.42 Å². The fraction of sp³-hybridized carbons (Fsp3) is 0.200. The van der Waals surface area contributed by atoms with Crippen LogP contribution >= 0.6 is 0 Å². The maximum absolute atomic E-state index is 11.5. The highest BCUT2D eigenvalue weighted by Gasteiger charge is 2.07. The molecule has 0 unspecified atom stereocenters. The standard InChI is InChI=1S/C10H11N3O2/c1-13-7-8(6-12-13)5-11-10(14)9-3-2-4-15-9/h2-4,6-7H,5H2,1H3,(H,11,14). The molecule has 1 N–H and O–H groups in total. The van der Waals surface area contributed by atoms with E-state index in [9.17, 15) is 4.79 Å². The number of hydrogen-bond acceptors (Lipinski definition) is 3. The summed E-state index contributed by atoms with van der Waals surface area (Å²) in [7, 11) is 1.83. The molecule has 0 aromatic carbocycles. The molecule has 0 spiro atoms. The van der Waals surface area contributed by atoms with Gasteiger partial charge in [-0.05, 0) is 12.1 Å². The molecule has 78 valence electrons. The van der Waals surface area contributed by atoms with E-state index in [1.807, 2.05) is 13.2 Å². The highest BCUT2D eigenvalue weighted by atomic mass is 16.3. The van der Waals surface area contributed by atoms with E-state index < -0.39 is 0 Å². The van der Waals surface area contributed by atoms with Crippen molar-refractivity contribution in [3.05, 3.63) is 42.1 Å². The zero-order valence-corrected chi connectivity index (χ0v) is 8.30. The predicted molar refractivity (Wildman–Crippen MR) is 53.1 cm³/mol. The largest absolute Gasteiger partial charge is 0.459 e. The number of carbonyl (C=O) groups is 1. The first-order chi connectivity index (χ1) is 7.25. The molecule has 1 amide bonds. The van der Waals surface area contributed by atoms with Gasteiger partial charge < -0.3 is 9.73 Å². The third-order valence-corrected chi connectivity index (χ3v) is 1.96. The van der Waals surface area contributed by atoms with Crippen molar-refractivity contribution in [2.75, 3.05) is 0 Å². The Labute approximate surface area is 86.7 Å². The third kappa shape index (κ3) is 2.25. The van der Waals surface area contributed by atoms with Crippen LogP contribution in [0.25, 0.3) is 0 Å². The Morgan fingerprint density at radius 3 is 3.13 bits per heavy atom. The lowest BCUT2D eigenvalue weighted by atomic mass is 10.3. The first-order valence-electron chi connectivity index (χ1n) is 4.55. The fourth-order valence-electron chi connectivity index (χ4n) is 1.24. The van der Waals surface area contributed by atoms with Gasteiger partial charge >= 0.3 is 0 Å². The zero-order chi connectivity index (χ0) is 10.7. The second kappa shape index (κ2) is 4.00. The molecule has 0 saturated carbocycles. The van der Waals surface area contributed by atoms with Crippen LogP contribution in [0.5, 0.6) is 0 Å². The van der Waals surface area contributed by atoms with Gasteiger partial charge in [0.05, 0.1) is 12.5 Å². The summed E-state index contributed by atoms with van der Waals surface area (Å²) in [5.41, 5.74) is 0.956. The summed E-state index contributed by atoms with van der Waals surface area (Å²) in [5.74, 6) is 0.0998. The van der Waals surface area contributed by atoms with E-state index >= 15 is 0 Å². The van der Waals surface area contributed by atoms with Crippen LogP contribution in [0.4, 0.5) is 0 Å². The van der Waals surface area contributed by atoms with Crippen LogP contribution in [0.2, 0.25) is 0 Å². The topological polar surface area (TPSA) is 60.1 Å². The summed E-state index contributed by atoms with van der Waals surface area (Å²) in [6.07, 6.45) is 5.03. The van der Waals surface area contributed by atoms with Crippen molar-refractivity contribution >= 4 is 5.91 Å². The van der Waals surface area contributed by atoms with Crippen LogP contribution in [0, 0.1) is 0 Å². The Kier molecular flexibility index (Phi) is 2.53. The van der Waals surface area contributed by atoms with Gasteiger partial charge in [-0.2, -0.15) is 5.10 Å². The van der Waals surface area contributed by atoms with Crippen LogP contribution < -0.4 is 5.32 Å². The number of aryl methyl sites for hydroxylation is 1. The maximum Gasteiger partial charge on any atom is 0.287 e. The molecule has 0 bridgehead atoms. The number of hydrogen-bond donors (Lipinski definition) is 1. The van der Waals surface area contributed by atoms with Gasteiger partial charge in [0.25, 0.3) is 5.91 Å². The highest BCUT2D eigenvalue weighted by molar-refractivity contribution is 5.91. The van der Waals surface area contributed by atoms with Gasteiger partial charge in [0.15, 0.2) is 5.76 Å². The van der Waals surface area contributed by atoms with Crippen molar-refractivity contribution in [2.24, 2.45) is 7.05 Å². The Hall–Kier alpha value is -2.04. The summed E-state index contributed by atoms with van der Waals surface area (Å²) in [6.45, 7) is 0.452. The monoisotopic (exact) mass is 205 g/mol. The van der Waals surface area contributed by atoms with Crippen LogP contribution in [0.1, 0.15) is 16.1 Å². The molecule has 2 heterocycles. The van der Waals surface area contributed by atoms with Crippen molar-refractivity contribution in [3.63, 3.8) is 0 Å². The van der Waals surface area contributed by atoms with Crippen LogP contribution in [-0.4, -0.2) is 15.7 Å². The summed E-state index contributed by atoms with van der Waals surface area (Å²) in [4.78, 5) is 11.5. The molecule has 5 nitrogen and oxygen atoms in total. The molecule has 0 fully saturated rings. The molecule has 2 rings (SSSR count). The van der Waals surface area contributed by atoms with E-state index in [1.54, 1.807) is 23.0 Å². The Morgan fingerprint density at radius 2 is 2.53 bits per heavy atom. The number of amides is 1. The van der Waals surface area contributed by atoms with Gasteiger partial charge in [0.2, 0.25) is 0 Å².